The molecule has 1 unspecified atom stereocenters. The number of fused-ring (bicyclic) bond motifs is 1. The van der Waals surface area contributed by atoms with Crippen LogP contribution in [-0.2, 0) is 71.8 Å². The largest absolute Gasteiger partial charge is 0.416 e. The lowest BCUT2D eigenvalue weighted by atomic mass is 9.96. The van der Waals surface area contributed by atoms with Crippen molar-refractivity contribution in [2.24, 2.45) is 17.8 Å². The van der Waals surface area contributed by atoms with E-state index >= 15 is 0 Å². The van der Waals surface area contributed by atoms with Gasteiger partial charge in [0.15, 0.2) is 0 Å². The third-order valence-electron chi connectivity index (χ3n) is 16.7. The number of carbonyl (C=O) groups is 11. The van der Waals surface area contributed by atoms with Gasteiger partial charge in [-0.3, -0.25) is 52.7 Å². The Morgan fingerprint density at radius 3 is 1.75 bits per heavy atom. The molecular weight excluding hydrogens is 1170 g/mol. The number of aryl methyl sites for hydroxylation is 1. The Balaban J connectivity index is 1.80. The van der Waals surface area contributed by atoms with Crippen LogP contribution >= 0.6 is 11.6 Å². The van der Waals surface area contributed by atoms with Gasteiger partial charge in [0.05, 0.1) is 25.2 Å². The highest BCUT2D eigenvalue weighted by Gasteiger charge is 2.44. The van der Waals surface area contributed by atoms with E-state index in [-0.39, 0.29) is 51.0 Å². The molecule has 22 nitrogen and oxygen atoms in total. The predicted molar refractivity (Wildman–Crippen MR) is 324 cm³/mol. The second-order valence-electron chi connectivity index (χ2n) is 24.4. The molecule has 0 saturated carbocycles. The van der Waals surface area contributed by atoms with E-state index in [1.54, 1.807) is 52.0 Å². The molecule has 488 valence electrons. The molecule has 0 radical (unpaired) electrons. The van der Waals surface area contributed by atoms with Crippen LogP contribution < -0.4 is 16.0 Å². The van der Waals surface area contributed by atoms with Gasteiger partial charge < -0.3 is 55.1 Å². The van der Waals surface area contributed by atoms with Crippen LogP contribution in [0.5, 0.6) is 0 Å². The molecule has 2 aromatic carbocycles. The zero-order valence-electron chi connectivity index (χ0n) is 53.5. The van der Waals surface area contributed by atoms with Crippen LogP contribution in [0.4, 0.5) is 13.2 Å². The molecule has 2 saturated heterocycles. The van der Waals surface area contributed by atoms with E-state index < -0.39 is 157 Å². The van der Waals surface area contributed by atoms with Crippen molar-refractivity contribution in [3.63, 3.8) is 0 Å². The minimum absolute atomic E-state index is 0.0148. The molecule has 4 rings (SSSR count). The standard InChI is InChI=1S/C62H91ClF3N11O11/c1-16-38(6)53-60(87)72(11)34-51(80)70(9)35-52(81)74(13)48(32-42-21-26-44(63)27-22-42)58(85)71(10)33-49(78)68-45(28-23-41-19-24-43(25-20-41)62(64,65)66)57(84)77-29-17-18-46(77)59(86)76(15)54(37(4)5)61(88)75(14)47(30-36(2)3)56(83)67-39(7)31-50(79)73(12)40(8)55(82)69-53/h19-22,24-27,36-40,45-48,53-54H,16-18,23,28-35H2,1-15H3,(H,67,83)(H,68,78)(H,69,82)/t38?,39-,40+,45+,46+,47+,48+,53+,54+/m1/s1. The third kappa shape index (κ3) is 19.6. The van der Waals surface area contributed by atoms with Crippen LogP contribution in [0.15, 0.2) is 48.5 Å². The molecule has 9 atom stereocenters. The van der Waals surface area contributed by atoms with Crippen LogP contribution in [0.2, 0.25) is 5.02 Å². The fourth-order valence-electron chi connectivity index (χ4n) is 10.8. The van der Waals surface area contributed by atoms with Gasteiger partial charge in [0.25, 0.3) is 0 Å². The molecule has 2 aliphatic rings. The highest BCUT2D eigenvalue weighted by Crippen LogP contribution is 2.30. The summed E-state index contributed by atoms with van der Waals surface area (Å²) in [5.74, 6) is -8.39. The monoisotopic (exact) mass is 1260 g/mol. The van der Waals surface area contributed by atoms with Gasteiger partial charge in [0.2, 0.25) is 65.0 Å². The molecule has 11 amide bonds. The Labute approximate surface area is 520 Å². The summed E-state index contributed by atoms with van der Waals surface area (Å²) in [6, 6.07) is 1.59. The van der Waals surface area contributed by atoms with E-state index in [0.717, 1.165) is 31.7 Å². The highest BCUT2D eigenvalue weighted by molar-refractivity contribution is 6.30. The van der Waals surface area contributed by atoms with E-state index in [4.69, 9.17) is 11.6 Å². The number of amides is 11. The summed E-state index contributed by atoms with van der Waals surface area (Å²) in [6.07, 6.45) is -4.05. The number of alkyl halides is 3. The van der Waals surface area contributed by atoms with Gasteiger partial charge in [-0.1, -0.05) is 83.8 Å². The maximum Gasteiger partial charge on any atom is 0.416 e. The maximum atomic E-state index is 14.9. The molecule has 0 aromatic heterocycles. The zero-order chi connectivity index (χ0) is 66.4. The SMILES string of the molecule is CCC(C)[C@@H]1NC(=O)[C@H](C)N(C)C(=O)C[C@@H](C)NC(=O)[C@H](CC(C)C)N(C)C(=O)[C@H](C(C)C)N(C)C(=O)[C@@H]2CCCN2C(=O)[C@H](CCc2ccc(C(F)(F)F)cc2)NC(=O)CN(C)C(=O)[C@H](Cc2ccc(Cl)cc2)N(C)C(=O)CN(C)C(=O)CN(C)C1=O. The predicted octanol–water partition coefficient (Wildman–Crippen LogP) is 3.85. The van der Waals surface area contributed by atoms with Gasteiger partial charge in [-0.05, 0) is 99.1 Å². The first-order valence-corrected chi connectivity index (χ1v) is 30.3. The lowest BCUT2D eigenvalue weighted by Crippen LogP contribution is -2.60. The number of hydrogen-bond acceptors (Lipinski definition) is 11. The topological polar surface area (TPSA) is 250 Å². The number of benzene rings is 2. The van der Waals surface area contributed by atoms with E-state index in [1.807, 2.05) is 20.8 Å². The Morgan fingerprint density at radius 2 is 1.18 bits per heavy atom. The van der Waals surface area contributed by atoms with Crippen LogP contribution in [0.1, 0.15) is 111 Å². The minimum atomic E-state index is -4.62. The zero-order valence-corrected chi connectivity index (χ0v) is 54.3. The fraction of sp³-hybridized carbons (Fsp3) is 0.629. The van der Waals surface area contributed by atoms with Gasteiger partial charge in [-0.25, -0.2) is 0 Å². The van der Waals surface area contributed by atoms with Gasteiger partial charge in [0.1, 0.15) is 42.3 Å². The number of nitrogens with one attached hydrogen (secondary N) is 3. The summed E-state index contributed by atoms with van der Waals surface area (Å²) in [4.78, 5) is 167. The van der Waals surface area contributed by atoms with Gasteiger partial charge in [-0.15, -0.1) is 0 Å². The molecule has 88 heavy (non-hydrogen) atoms. The number of likely N-dealkylation sites (N-methyl/N-ethyl adjacent to an activating group) is 7. The lowest BCUT2D eigenvalue weighted by molar-refractivity contribution is -0.153. The average molecular weight is 1260 g/mol. The van der Waals surface area contributed by atoms with Crippen molar-refractivity contribution in [1.29, 1.82) is 0 Å². The first-order chi connectivity index (χ1) is 41.0. The van der Waals surface area contributed by atoms with Crippen molar-refractivity contribution in [1.82, 2.24) is 55.1 Å². The maximum absolute atomic E-state index is 14.9. The van der Waals surface area contributed by atoms with E-state index in [0.29, 0.717) is 29.0 Å². The van der Waals surface area contributed by atoms with E-state index in [9.17, 15) is 65.9 Å². The van der Waals surface area contributed by atoms with Crippen LogP contribution in [0.3, 0.4) is 0 Å². The normalized spacial score (nSPS) is 24.9. The molecule has 3 N–H and O–H groups in total. The summed E-state index contributed by atoms with van der Waals surface area (Å²) in [6.45, 7) is 12.1. The smallest absolute Gasteiger partial charge is 0.351 e. The first-order valence-electron chi connectivity index (χ1n) is 29.9. The quantitative estimate of drug-likeness (QED) is 0.308. The van der Waals surface area contributed by atoms with Crippen LogP contribution in [0, 0.1) is 17.8 Å². The van der Waals surface area contributed by atoms with Gasteiger partial charge >= 0.3 is 6.18 Å². The minimum Gasteiger partial charge on any atom is -0.351 e. The molecule has 0 bridgehead atoms. The van der Waals surface area contributed by atoms with Crippen molar-refractivity contribution in [2.75, 3.05) is 75.5 Å². The van der Waals surface area contributed by atoms with E-state index in [1.165, 1.54) is 88.0 Å². The van der Waals surface area contributed by atoms with Crippen LogP contribution in [-0.4, -0.2) is 228 Å². The Morgan fingerprint density at radius 1 is 0.602 bits per heavy atom. The number of rotatable bonds is 10. The van der Waals surface area contributed by atoms with Crippen LogP contribution in [0.25, 0.3) is 0 Å². The molecule has 2 aliphatic heterocycles. The molecular formula is C62H91ClF3N11O11. The molecule has 26 heteroatoms. The number of hydrogen-bond donors (Lipinski definition) is 3. The lowest BCUT2D eigenvalue weighted by Gasteiger charge is -2.39. The molecule has 2 fully saturated rings. The fourth-order valence-corrected chi connectivity index (χ4v) is 10.9. The Kier molecular flexibility index (Phi) is 26.8. The molecule has 0 aliphatic carbocycles. The summed E-state index contributed by atoms with van der Waals surface area (Å²) >= 11 is 6.19. The van der Waals surface area contributed by atoms with E-state index in [2.05, 4.69) is 16.0 Å². The summed E-state index contributed by atoms with van der Waals surface area (Å²) in [5, 5.41) is 8.73. The van der Waals surface area contributed by atoms with Gasteiger partial charge in [-0.2, -0.15) is 13.2 Å². The first kappa shape index (κ1) is 73.2. The third-order valence-corrected chi connectivity index (χ3v) is 17.0. The van der Waals surface area contributed by atoms with Crippen molar-refractivity contribution in [3.8, 4) is 0 Å². The van der Waals surface area contributed by atoms with Crippen molar-refractivity contribution >= 4 is 76.6 Å². The summed E-state index contributed by atoms with van der Waals surface area (Å²) in [7, 11) is 9.65. The number of carbonyl (C=O) groups excluding carboxylic acids is 11. The molecule has 2 aromatic rings. The second kappa shape index (κ2) is 32.3. The Hall–Kier alpha value is -7.31. The Bertz CT molecular complexity index is 2830. The second-order valence-corrected chi connectivity index (χ2v) is 24.9. The number of nitrogens with zero attached hydrogens (tertiary/aromatic N) is 8. The summed E-state index contributed by atoms with van der Waals surface area (Å²) in [5.41, 5.74) is 0.0700. The van der Waals surface area contributed by atoms with Crippen molar-refractivity contribution < 1.29 is 65.9 Å². The summed E-state index contributed by atoms with van der Waals surface area (Å²) < 4.78 is 40.7. The highest BCUT2D eigenvalue weighted by atomic mass is 35.5. The van der Waals surface area contributed by atoms with Crippen molar-refractivity contribution in [2.45, 2.75) is 161 Å². The molecule has 2 heterocycles. The van der Waals surface area contributed by atoms with Gasteiger partial charge in [0, 0.05) is 79.8 Å². The number of halogens is 4. The average Bonchev–Trinajstić information content (AvgIpc) is 4.11. The molecule has 0 spiro atoms. The van der Waals surface area contributed by atoms with Crippen molar-refractivity contribution in [3.05, 3.63) is 70.2 Å².